The number of benzene rings is 3. The average molecular weight is 347 g/mol. The first-order valence-corrected chi connectivity index (χ1v) is 9.33. The molecule has 0 spiro atoms. The number of para-hydroxylation sites is 1. The summed E-state index contributed by atoms with van der Waals surface area (Å²) in [5.41, 5.74) is 1.23. The molecule has 1 saturated heterocycles. The van der Waals surface area contributed by atoms with Crippen molar-refractivity contribution in [3.05, 3.63) is 78.4 Å². The van der Waals surface area contributed by atoms with Gasteiger partial charge in [-0.25, -0.2) is 0 Å². The molecule has 2 atom stereocenters. The maximum atomic E-state index is 6.17. The molecule has 0 aliphatic carbocycles. The van der Waals surface area contributed by atoms with Gasteiger partial charge < -0.3 is 9.47 Å². The number of hydrogen-bond acceptors (Lipinski definition) is 3. The lowest BCUT2D eigenvalue weighted by molar-refractivity contribution is 0.0173. The van der Waals surface area contributed by atoms with E-state index in [1.165, 1.54) is 16.3 Å². The molecule has 0 amide bonds. The fourth-order valence-electron chi connectivity index (χ4n) is 3.53. The van der Waals surface area contributed by atoms with Crippen LogP contribution in [-0.2, 0) is 11.3 Å². The molecule has 1 fully saturated rings. The summed E-state index contributed by atoms with van der Waals surface area (Å²) in [6, 6.07) is 25.0. The minimum absolute atomic E-state index is 0.0617. The number of fused-ring (bicyclic) bond motifs is 1. The zero-order valence-corrected chi connectivity index (χ0v) is 15.2. The van der Waals surface area contributed by atoms with Gasteiger partial charge in [0.1, 0.15) is 12.0 Å². The first-order valence-electron chi connectivity index (χ1n) is 9.33. The molecular formula is C23H25NO2. The molecule has 0 bridgehead atoms. The van der Waals surface area contributed by atoms with E-state index >= 15 is 0 Å². The van der Waals surface area contributed by atoms with E-state index in [0.717, 1.165) is 25.3 Å². The summed E-state index contributed by atoms with van der Waals surface area (Å²) < 4.78 is 12.2. The van der Waals surface area contributed by atoms with Crippen molar-refractivity contribution in [3.63, 3.8) is 0 Å². The van der Waals surface area contributed by atoms with Gasteiger partial charge in [0.05, 0.1) is 12.7 Å². The minimum atomic E-state index is 0.0617. The van der Waals surface area contributed by atoms with Crippen LogP contribution < -0.4 is 4.74 Å². The van der Waals surface area contributed by atoms with E-state index in [1.54, 1.807) is 0 Å². The molecule has 1 aliphatic heterocycles. The molecule has 0 aromatic heterocycles. The van der Waals surface area contributed by atoms with Crippen molar-refractivity contribution in [2.75, 3.05) is 13.1 Å². The second kappa shape index (κ2) is 7.90. The summed E-state index contributed by atoms with van der Waals surface area (Å²) in [5, 5.41) is 2.54. The molecule has 2 unspecified atom stereocenters. The van der Waals surface area contributed by atoms with Crippen LogP contribution in [0.2, 0.25) is 0 Å². The van der Waals surface area contributed by atoms with Crippen molar-refractivity contribution in [3.8, 4) is 5.75 Å². The Hall–Kier alpha value is -2.36. The molecule has 1 aliphatic rings. The Morgan fingerprint density at radius 1 is 0.962 bits per heavy atom. The summed E-state index contributed by atoms with van der Waals surface area (Å²) >= 11 is 0. The van der Waals surface area contributed by atoms with Crippen LogP contribution in [0.25, 0.3) is 10.8 Å². The Bertz CT molecular complexity index is 849. The standard InChI is InChI=1S/C23H25NO2/c1-18(26-22-9-3-2-4-10-22)24-14-13-23(16-24)25-17-19-11-12-20-7-5-6-8-21(20)15-19/h2-12,15,18,23H,13-14,16-17H2,1H3. The number of likely N-dealkylation sites (tertiary alicyclic amines) is 1. The second-order valence-electron chi connectivity index (χ2n) is 6.93. The normalized spacial score (nSPS) is 18.9. The zero-order chi connectivity index (χ0) is 17.8. The van der Waals surface area contributed by atoms with E-state index in [-0.39, 0.29) is 12.3 Å². The van der Waals surface area contributed by atoms with E-state index in [2.05, 4.69) is 54.3 Å². The summed E-state index contributed by atoms with van der Waals surface area (Å²) in [4.78, 5) is 2.35. The van der Waals surface area contributed by atoms with Crippen LogP contribution in [0.5, 0.6) is 5.75 Å². The van der Waals surface area contributed by atoms with Gasteiger partial charge in [0.15, 0.2) is 0 Å². The van der Waals surface area contributed by atoms with E-state index < -0.39 is 0 Å². The smallest absolute Gasteiger partial charge is 0.149 e. The lowest BCUT2D eigenvalue weighted by atomic mass is 10.1. The van der Waals surface area contributed by atoms with Crippen molar-refractivity contribution < 1.29 is 9.47 Å². The fraction of sp³-hybridized carbons (Fsp3) is 0.304. The third-order valence-electron chi connectivity index (χ3n) is 5.04. The van der Waals surface area contributed by atoms with E-state index in [9.17, 15) is 0 Å². The third-order valence-corrected chi connectivity index (χ3v) is 5.04. The van der Waals surface area contributed by atoms with Gasteiger partial charge in [-0.3, -0.25) is 4.90 Å². The predicted octanol–water partition coefficient (Wildman–Crippen LogP) is 4.86. The fourth-order valence-corrected chi connectivity index (χ4v) is 3.53. The van der Waals surface area contributed by atoms with E-state index in [4.69, 9.17) is 9.47 Å². The topological polar surface area (TPSA) is 21.7 Å². The quantitative estimate of drug-likeness (QED) is 0.636. The van der Waals surface area contributed by atoms with Crippen LogP contribution in [0.4, 0.5) is 0 Å². The van der Waals surface area contributed by atoms with Gasteiger partial charge in [0.2, 0.25) is 0 Å². The number of rotatable bonds is 6. The molecule has 0 N–H and O–H groups in total. The number of nitrogens with zero attached hydrogens (tertiary/aromatic N) is 1. The van der Waals surface area contributed by atoms with Crippen LogP contribution in [0.3, 0.4) is 0 Å². The average Bonchev–Trinajstić information content (AvgIpc) is 3.16. The highest BCUT2D eigenvalue weighted by Crippen LogP contribution is 2.21. The molecule has 3 heteroatoms. The van der Waals surface area contributed by atoms with Gasteiger partial charge in [-0.05, 0) is 47.9 Å². The minimum Gasteiger partial charge on any atom is -0.475 e. The van der Waals surface area contributed by atoms with Gasteiger partial charge in [-0.15, -0.1) is 0 Å². The Morgan fingerprint density at radius 3 is 2.58 bits per heavy atom. The molecule has 0 radical (unpaired) electrons. The molecule has 3 aromatic rings. The van der Waals surface area contributed by atoms with Crippen molar-refractivity contribution in [1.82, 2.24) is 4.90 Å². The molecule has 3 nitrogen and oxygen atoms in total. The largest absolute Gasteiger partial charge is 0.475 e. The van der Waals surface area contributed by atoms with Gasteiger partial charge in [-0.1, -0.05) is 54.6 Å². The highest BCUT2D eigenvalue weighted by atomic mass is 16.5. The zero-order valence-electron chi connectivity index (χ0n) is 15.2. The first-order chi connectivity index (χ1) is 12.8. The Balaban J connectivity index is 1.29. The molecule has 134 valence electrons. The lowest BCUT2D eigenvalue weighted by Crippen LogP contribution is -2.36. The van der Waals surface area contributed by atoms with Crippen molar-refractivity contribution in [1.29, 1.82) is 0 Å². The molecule has 4 rings (SSSR count). The van der Waals surface area contributed by atoms with Gasteiger partial charge in [-0.2, -0.15) is 0 Å². The van der Waals surface area contributed by atoms with Crippen molar-refractivity contribution in [2.24, 2.45) is 0 Å². The Kier molecular flexibility index (Phi) is 5.19. The molecule has 0 saturated carbocycles. The van der Waals surface area contributed by atoms with E-state index in [0.29, 0.717) is 6.61 Å². The van der Waals surface area contributed by atoms with Crippen molar-refractivity contribution in [2.45, 2.75) is 32.3 Å². The highest BCUT2D eigenvalue weighted by molar-refractivity contribution is 5.82. The van der Waals surface area contributed by atoms with Gasteiger partial charge >= 0.3 is 0 Å². The van der Waals surface area contributed by atoms with E-state index in [1.807, 2.05) is 30.3 Å². The number of hydrogen-bond donors (Lipinski definition) is 0. The summed E-state index contributed by atoms with van der Waals surface area (Å²) in [6.45, 7) is 4.70. The van der Waals surface area contributed by atoms with Crippen LogP contribution >= 0.6 is 0 Å². The van der Waals surface area contributed by atoms with Gasteiger partial charge in [0, 0.05) is 13.1 Å². The Morgan fingerprint density at radius 2 is 1.73 bits per heavy atom. The molecule has 1 heterocycles. The Labute approximate surface area is 155 Å². The highest BCUT2D eigenvalue weighted by Gasteiger charge is 2.27. The maximum Gasteiger partial charge on any atom is 0.149 e. The second-order valence-corrected chi connectivity index (χ2v) is 6.93. The van der Waals surface area contributed by atoms with Crippen molar-refractivity contribution >= 4 is 10.8 Å². The van der Waals surface area contributed by atoms with Crippen LogP contribution in [0, 0.1) is 0 Å². The first kappa shape index (κ1) is 17.1. The molecule has 26 heavy (non-hydrogen) atoms. The predicted molar refractivity (Wildman–Crippen MR) is 105 cm³/mol. The maximum absolute atomic E-state index is 6.17. The van der Waals surface area contributed by atoms with Crippen LogP contribution in [0.1, 0.15) is 18.9 Å². The summed E-state index contributed by atoms with van der Waals surface area (Å²) in [7, 11) is 0. The summed E-state index contributed by atoms with van der Waals surface area (Å²) in [5.74, 6) is 0.917. The van der Waals surface area contributed by atoms with Crippen LogP contribution in [0.15, 0.2) is 72.8 Å². The SMILES string of the molecule is CC(Oc1ccccc1)N1CCC(OCc2ccc3ccccc3c2)C1. The third kappa shape index (κ3) is 4.06. The molecule has 3 aromatic carbocycles. The summed E-state index contributed by atoms with van der Waals surface area (Å²) in [6.07, 6.45) is 1.38. The number of ether oxygens (including phenoxy) is 2. The lowest BCUT2D eigenvalue weighted by Gasteiger charge is -2.25. The monoisotopic (exact) mass is 347 g/mol. The van der Waals surface area contributed by atoms with Gasteiger partial charge in [0.25, 0.3) is 0 Å². The van der Waals surface area contributed by atoms with Crippen LogP contribution in [-0.4, -0.2) is 30.3 Å². The molecular weight excluding hydrogens is 322 g/mol.